The molecule has 158 valence electrons. The van der Waals surface area contributed by atoms with Gasteiger partial charge in [0, 0.05) is 36.9 Å². The summed E-state index contributed by atoms with van der Waals surface area (Å²) in [7, 11) is 0. The monoisotopic (exact) mass is 419 g/mol. The lowest BCUT2D eigenvalue weighted by Crippen LogP contribution is -2.36. The molecule has 1 heterocycles. The van der Waals surface area contributed by atoms with Crippen LogP contribution in [0.15, 0.2) is 48.5 Å². The Balaban J connectivity index is 1.78. The van der Waals surface area contributed by atoms with Crippen LogP contribution in [0.5, 0.6) is 5.75 Å². The number of nitrogens with zero attached hydrogens (tertiary/aromatic N) is 2. The van der Waals surface area contributed by atoms with Crippen LogP contribution in [-0.2, 0) is 9.53 Å². The maximum atomic E-state index is 12.6. The predicted molar refractivity (Wildman–Crippen MR) is 107 cm³/mol. The topological polar surface area (TPSA) is 93.9 Å². The first kappa shape index (κ1) is 21.2. The molecule has 1 N–H and O–H groups in total. The second kappa shape index (κ2) is 9.79. The molecule has 1 aliphatic rings. The molecule has 8 nitrogen and oxygen atoms in total. The Labute approximate surface area is 170 Å². The molecule has 1 saturated heterocycles. The van der Waals surface area contributed by atoms with E-state index >= 15 is 0 Å². The van der Waals surface area contributed by atoms with Crippen LogP contribution in [0.4, 0.5) is 25.8 Å². The average molecular weight is 419 g/mol. The van der Waals surface area contributed by atoms with E-state index in [1.807, 2.05) is 12.1 Å². The lowest BCUT2D eigenvalue weighted by molar-refractivity contribution is -0.384. The number of rotatable bonds is 7. The SMILES string of the molecule is O=C(C=Cc1cc([N+](=O)[O-])ccc1OC(F)F)Nc1ccccc1N1CCOCC1. The summed E-state index contributed by atoms with van der Waals surface area (Å²) in [6.07, 6.45) is 2.30. The number of para-hydroxylation sites is 2. The minimum Gasteiger partial charge on any atom is -0.434 e. The number of nitro benzene ring substituents is 1. The third-order valence-electron chi connectivity index (χ3n) is 4.35. The van der Waals surface area contributed by atoms with Gasteiger partial charge in [-0.1, -0.05) is 12.1 Å². The van der Waals surface area contributed by atoms with Crippen molar-refractivity contribution in [1.82, 2.24) is 0 Å². The van der Waals surface area contributed by atoms with Crippen molar-refractivity contribution in [1.29, 1.82) is 0 Å². The number of anilines is 2. The van der Waals surface area contributed by atoms with E-state index in [4.69, 9.17) is 4.74 Å². The summed E-state index contributed by atoms with van der Waals surface area (Å²) in [4.78, 5) is 24.8. The molecule has 0 bridgehead atoms. The van der Waals surface area contributed by atoms with Gasteiger partial charge in [-0.05, 0) is 24.3 Å². The number of nitrogens with one attached hydrogen (secondary N) is 1. The second-order valence-electron chi connectivity index (χ2n) is 6.30. The zero-order valence-corrected chi connectivity index (χ0v) is 15.8. The first-order chi connectivity index (χ1) is 14.4. The predicted octanol–water partition coefficient (Wildman–Crippen LogP) is 3.68. The summed E-state index contributed by atoms with van der Waals surface area (Å²) in [5.74, 6) is -0.793. The maximum Gasteiger partial charge on any atom is 0.387 e. The van der Waals surface area contributed by atoms with E-state index in [9.17, 15) is 23.7 Å². The van der Waals surface area contributed by atoms with Gasteiger partial charge in [-0.3, -0.25) is 14.9 Å². The fraction of sp³-hybridized carbons (Fsp3) is 0.250. The Morgan fingerprint density at radius 2 is 1.97 bits per heavy atom. The largest absolute Gasteiger partial charge is 0.434 e. The number of nitro groups is 1. The number of hydrogen-bond acceptors (Lipinski definition) is 6. The van der Waals surface area contributed by atoms with E-state index in [1.165, 1.54) is 6.08 Å². The number of halogens is 2. The third-order valence-corrected chi connectivity index (χ3v) is 4.35. The minimum absolute atomic E-state index is 0.0129. The van der Waals surface area contributed by atoms with Crippen molar-refractivity contribution in [3.63, 3.8) is 0 Å². The van der Waals surface area contributed by atoms with Gasteiger partial charge in [-0.2, -0.15) is 8.78 Å². The number of alkyl halides is 2. The summed E-state index contributed by atoms with van der Waals surface area (Å²) in [6, 6.07) is 10.4. The number of carbonyl (C=O) groups is 1. The minimum atomic E-state index is -3.10. The summed E-state index contributed by atoms with van der Waals surface area (Å²) in [5.41, 5.74) is 1.09. The molecule has 0 spiro atoms. The fourth-order valence-corrected chi connectivity index (χ4v) is 2.98. The van der Waals surface area contributed by atoms with E-state index in [1.54, 1.807) is 12.1 Å². The second-order valence-corrected chi connectivity index (χ2v) is 6.30. The third kappa shape index (κ3) is 5.51. The van der Waals surface area contributed by atoms with E-state index in [0.717, 1.165) is 30.0 Å². The van der Waals surface area contributed by atoms with Gasteiger partial charge in [0.25, 0.3) is 5.69 Å². The molecule has 0 aliphatic carbocycles. The number of morpholine rings is 1. The Morgan fingerprint density at radius 3 is 2.67 bits per heavy atom. The van der Waals surface area contributed by atoms with Crippen LogP contribution in [-0.4, -0.2) is 43.7 Å². The lowest BCUT2D eigenvalue weighted by Gasteiger charge is -2.30. The molecule has 0 unspecified atom stereocenters. The number of hydrogen-bond donors (Lipinski definition) is 1. The van der Waals surface area contributed by atoms with Crippen molar-refractivity contribution in [3.05, 3.63) is 64.2 Å². The van der Waals surface area contributed by atoms with Crippen LogP contribution >= 0.6 is 0 Å². The normalized spacial score (nSPS) is 14.2. The van der Waals surface area contributed by atoms with Crippen molar-refractivity contribution < 1.29 is 28.0 Å². The number of amides is 1. The van der Waals surface area contributed by atoms with Gasteiger partial charge in [0.1, 0.15) is 5.75 Å². The first-order valence-corrected chi connectivity index (χ1v) is 9.08. The molecule has 0 aromatic heterocycles. The number of non-ortho nitro benzene ring substituents is 1. The zero-order chi connectivity index (χ0) is 21.5. The van der Waals surface area contributed by atoms with Crippen molar-refractivity contribution in [2.75, 3.05) is 36.5 Å². The average Bonchev–Trinajstić information content (AvgIpc) is 2.73. The van der Waals surface area contributed by atoms with Gasteiger partial charge in [0.05, 0.1) is 29.5 Å². The summed E-state index contributed by atoms with van der Waals surface area (Å²) >= 11 is 0. The van der Waals surface area contributed by atoms with Crippen LogP contribution in [0.3, 0.4) is 0 Å². The van der Waals surface area contributed by atoms with Crippen LogP contribution in [0.25, 0.3) is 6.08 Å². The van der Waals surface area contributed by atoms with E-state index in [0.29, 0.717) is 32.0 Å². The highest BCUT2D eigenvalue weighted by molar-refractivity contribution is 6.04. The molecule has 1 aliphatic heterocycles. The molecular weight excluding hydrogens is 400 g/mol. The van der Waals surface area contributed by atoms with Crippen LogP contribution < -0.4 is 15.0 Å². The maximum absolute atomic E-state index is 12.6. The van der Waals surface area contributed by atoms with Gasteiger partial charge in [0.15, 0.2) is 0 Å². The molecule has 0 atom stereocenters. The standard InChI is InChI=1S/C20H19F2N3O5/c21-20(22)30-18-7-6-15(25(27)28)13-14(18)5-8-19(26)23-16-3-1-2-4-17(16)24-9-11-29-12-10-24/h1-8,13,20H,9-12H2,(H,23,26). The van der Waals surface area contributed by atoms with Crippen molar-refractivity contribution >= 4 is 29.0 Å². The van der Waals surface area contributed by atoms with Crippen LogP contribution in [0, 0.1) is 10.1 Å². The molecule has 0 radical (unpaired) electrons. The molecule has 10 heteroatoms. The van der Waals surface area contributed by atoms with Gasteiger partial charge < -0.3 is 19.7 Å². The van der Waals surface area contributed by atoms with Crippen LogP contribution in [0.2, 0.25) is 0 Å². The number of benzene rings is 2. The van der Waals surface area contributed by atoms with Gasteiger partial charge >= 0.3 is 6.61 Å². The zero-order valence-electron chi connectivity index (χ0n) is 15.8. The van der Waals surface area contributed by atoms with Gasteiger partial charge in [-0.25, -0.2) is 0 Å². The van der Waals surface area contributed by atoms with Crippen molar-refractivity contribution in [3.8, 4) is 5.75 Å². The molecular formula is C20H19F2N3O5. The molecule has 0 saturated carbocycles. The van der Waals surface area contributed by atoms with Gasteiger partial charge in [-0.15, -0.1) is 0 Å². The molecule has 3 rings (SSSR count). The smallest absolute Gasteiger partial charge is 0.387 e. The Morgan fingerprint density at radius 1 is 1.23 bits per heavy atom. The van der Waals surface area contributed by atoms with E-state index in [2.05, 4.69) is 15.0 Å². The van der Waals surface area contributed by atoms with Crippen LogP contribution in [0.1, 0.15) is 5.56 Å². The van der Waals surface area contributed by atoms with E-state index < -0.39 is 17.4 Å². The summed E-state index contributed by atoms with van der Waals surface area (Å²) < 4.78 is 34.9. The highest BCUT2D eigenvalue weighted by atomic mass is 19.3. The molecule has 2 aromatic rings. The van der Waals surface area contributed by atoms with Gasteiger partial charge in [0.2, 0.25) is 5.91 Å². The molecule has 1 amide bonds. The Hall–Kier alpha value is -3.53. The lowest BCUT2D eigenvalue weighted by atomic mass is 10.1. The van der Waals surface area contributed by atoms with Crippen molar-refractivity contribution in [2.45, 2.75) is 6.61 Å². The first-order valence-electron chi connectivity index (χ1n) is 9.08. The highest BCUT2D eigenvalue weighted by Crippen LogP contribution is 2.28. The molecule has 30 heavy (non-hydrogen) atoms. The summed E-state index contributed by atoms with van der Waals surface area (Å²) in [5, 5.41) is 13.7. The summed E-state index contributed by atoms with van der Waals surface area (Å²) in [6.45, 7) is -0.563. The number of carbonyl (C=O) groups excluding carboxylic acids is 1. The fourth-order valence-electron chi connectivity index (χ4n) is 2.98. The molecule has 2 aromatic carbocycles. The highest BCUT2D eigenvalue weighted by Gasteiger charge is 2.16. The quantitative estimate of drug-likeness (QED) is 0.418. The number of ether oxygens (including phenoxy) is 2. The van der Waals surface area contributed by atoms with Crippen molar-refractivity contribution in [2.24, 2.45) is 0 Å². The van der Waals surface area contributed by atoms with E-state index in [-0.39, 0.29) is 17.0 Å². The molecule has 1 fully saturated rings. The Kier molecular flexibility index (Phi) is 6.91. The Bertz CT molecular complexity index is 946.